The molecular weight excluding hydrogens is 420 g/mol. The number of fused-ring (bicyclic) bond motifs is 2. The highest BCUT2D eigenvalue weighted by Gasteiger charge is 2.28. The number of unbranched alkanes of at least 4 members (excludes halogenated alkanes) is 1. The van der Waals surface area contributed by atoms with Crippen molar-refractivity contribution in [2.24, 2.45) is 0 Å². The van der Waals surface area contributed by atoms with Gasteiger partial charge in [-0.1, -0.05) is 36.4 Å². The van der Waals surface area contributed by atoms with Crippen LogP contribution in [-0.2, 0) is 0 Å². The molecule has 0 aliphatic carbocycles. The smallest absolute Gasteiger partial charge is 0.0953 e. The first-order valence-electron chi connectivity index (χ1n) is 11.9. The predicted molar refractivity (Wildman–Crippen MR) is 139 cm³/mol. The van der Waals surface area contributed by atoms with E-state index >= 15 is 0 Å². The second kappa shape index (κ2) is 9.06. The SMILES string of the molecule is c1ccc(N2CN(CCCCN3CN(c4ccccc4)c4ccncc43)c3cnccc32)cc1. The Morgan fingerprint density at radius 2 is 0.971 bits per heavy atom. The van der Waals surface area contributed by atoms with Crippen LogP contribution in [0.2, 0.25) is 0 Å². The number of pyridine rings is 2. The van der Waals surface area contributed by atoms with Crippen molar-refractivity contribution >= 4 is 34.1 Å². The maximum Gasteiger partial charge on any atom is 0.0953 e. The molecule has 0 atom stereocenters. The zero-order valence-corrected chi connectivity index (χ0v) is 19.2. The van der Waals surface area contributed by atoms with Gasteiger partial charge in [0, 0.05) is 36.9 Å². The largest absolute Gasteiger partial charge is 0.351 e. The van der Waals surface area contributed by atoms with E-state index in [0.29, 0.717) is 0 Å². The fourth-order valence-corrected chi connectivity index (χ4v) is 4.99. The van der Waals surface area contributed by atoms with E-state index in [4.69, 9.17) is 0 Å². The molecule has 0 saturated heterocycles. The van der Waals surface area contributed by atoms with Crippen LogP contribution in [0.4, 0.5) is 34.1 Å². The summed E-state index contributed by atoms with van der Waals surface area (Å²) in [7, 11) is 0. The predicted octanol–water partition coefficient (Wildman–Crippen LogP) is 5.79. The van der Waals surface area contributed by atoms with Crippen molar-refractivity contribution in [2.75, 3.05) is 46.0 Å². The average molecular weight is 449 g/mol. The molecule has 0 fully saturated rings. The second-order valence-corrected chi connectivity index (χ2v) is 8.77. The van der Waals surface area contributed by atoms with Gasteiger partial charge in [0.05, 0.1) is 48.5 Å². The summed E-state index contributed by atoms with van der Waals surface area (Å²) in [5.41, 5.74) is 7.35. The van der Waals surface area contributed by atoms with Crippen molar-refractivity contribution in [2.45, 2.75) is 12.8 Å². The maximum absolute atomic E-state index is 4.40. The Bertz CT molecular complexity index is 1150. The quantitative estimate of drug-likeness (QED) is 0.333. The molecule has 34 heavy (non-hydrogen) atoms. The van der Waals surface area contributed by atoms with Crippen molar-refractivity contribution in [1.82, 2.24) is 9.97 Å². The molecular formula is C28H28N6. The fraction of sp³-hybridized carbons (Fsp3) is 0.214. The number of para-hydroxylation sites is 2. The number of benzene rings is 2. The summed E-state index contributed by atoms with van der Waals surface area (Å²) in [6, 6.07) is 25.4. The molecule has 0 spiro atoms. The molecule has 4 aromatic rings. The molecule has 6 heteroatoms. The topological polar surface area (TPSA) is 38.7 Å². The van der Waals surface area contributed by atoms with Gasteiger partial charge in [-0.05, 0) is 49.2 Å². The monoisotopic (exact) mass is 448 g/mol. The van der Waals surface area contributed by atoms with E-state index in [1.807, 2.05) is 24.8 Å². The summed E-state index contributed by atoms with van der Waals surface area (Å²) in [6.45, 7) is 3.75. The zero-order valence-electron chi connectivity index (χ0n) is 19.2. The number of anilines is 6. The summed E-state index contributed by atoms with van der Waals surface area (Å²) in [5, 5.41) is 0. The van der Waals surface area contributed by atoms with Gasteiger partial charge in [-0.2, -0.15) is 0 Å². The molecule has 0 radical (unpaired) electrons. The molecule has 0 bridgehead atoms. The van der Waals surface area contributed by atoms with E-state index in [9.17, 15) is 0 Å². The van der Waals surface area contributed by atoms with E-state index in [1.165, 1.54) is 34.1 Å². The molecule has 6 rings (SSSR count). The number of hydrogen-bond donors (Lipinski definition) is 0. The second-order valence-electron chi connectivity index (χ2n) is 8.77. The third-order valence-corrected chi connectivity index (χ3v) is 6.68. The zero-order chi connectivity index (χ0) is 22.7. The van der Waals surface area contributed by atoms with Crippen LogP contribution >= 0.6 is 0 Å². The lowest BCUT2D eigenvalue weighted by Crippen LogP contribution is -2.31. The van der Waals surface area contributed by atoms with E-state index in [2.05, 4.69) is 102 Å². The van der Waals surface area contributed by atoms with E-state index in [-0.39, 0.29) is 0 Å². The van der Waals surface area contributed by atoms with E-state index in [1.54, 1.807) is 0 Å². The van der Waals surface area contributed by atoms with Crippen LogP contribution in [0.15, 0.2) is 97.6 Å². The van der Waals surface area contributed by atoms with Gasteiger partial charge < -0.3 is 19.6 Å². The molecule has 2 aromatic heterocycles. The van der Waals surface area contributed by atoms with Crippen LogP contribution in [0, 0.1) is 0 Å². The van der Waals surface area contributed by atoms with Crippen LogP contribution in [0.25, 0.3) is 0 Å². The minimum absolute atomic E-state index is 0.864. The molecule has 2 aliphatic heterocycles. The van der Waals surface area contributed by atoms with Gasteiger partial charge in [0.2, 0.25) is 0 Å². The Morgan fingerprint density at radius 1 is 0.529 bits per heavy atom. The molecule has 6 nitrogen and oxygen atoms in total. The third kappa shape index (κ3) is 3.81. The lowest BCUT2D eigenvalue weighted by Gasteiger charge is -2.23. The van der Waals surface area contributed by atoms with Crippen molar-refractivity contribution in [3.05, 3.63) is 97.6 Å². The number of aromatic nitrogens is 2. The summed E-state index contributed by atoms with van der Waals surface area (Å²) >= 11 is 0. The van der Waals surface area contributed by atoms with E-state index in [0.717, 1.165) is 39.3 Å². The summed E-state index contributed by atoms with van der Waals surface area (Å²) in [5.74, 6) is 0. The van der Waals surface area contributed by atoms with Gasteiger partial charge in [0.1, 0.15) is 0 Å². The molecule has 0 N–H and O–H groups in total. The van der Waals surface area contributed by atoms with Crippen LogP contribution in [0.1, 0.15) is 12.8 Å². The minimum atomic E-state index is 0.864. The van der Waals surface area contributed by atoms with Crippen molar-refractivity contribution in [3.8, 4) is 0 Å². The summed E-state index contributed by atoms with van der Waals surface area (Å²) in [6.07, 6.45) is 10.0. The summed E-state index contributed by atoms with van der Waals surface area (Å²) in [4.78, 5) is 18.4. The Balaban J connectivity index is 1.10. The highest BCUT2D eigenvalue weighted by atomic mass is 15.4. The fourth-order valence-electron chi connectivity index (χ4n) is 4.99. The minimum Gasteiger partial charge on any atom is -0.351 e. The molecule has 4 heterocycles. The van der Waals surface area contributed by atoms with Crippen molar-refractivity contribution in [3.63, 3.8) is 0 Å². The molecule has 170 valence electrons. The molecule has 2 aromatic carbocycles. The Kier molecular flexibility index (Phi) is 5.47. The Labute approximate surface area is 200 Å². The third-order valence-electron chi connectivity index (χ3n) is 6.68. The van der Waals surface area contributed by atoms with Crippen LogP contribution in [0.3, 0.4) is 0 Å². The number of nitrogens with zero attached hydrogens (tertiary/aromatic N) is 6. The Morgan fingerprint density at radius 3 is 1.41 bits per heavy atom. The highest BCUT2D eigenvalue weighted by Crippen LogP contribution is 2.41. The first kappa shape index (κ1) is 20.5. The van der Waals surface area contributed by atoms with Crippen LogP contribution in [0.5, 0.6) is 0 Å². The lowest BCUT2D eigenvalue weighted by molar-refractivity contribution is 0.678. The Hall–Kier alpha value is -4.06. The molecule has 0 unspecified atom stereocenters. The lowest BCUT2D eigenvalue weighted by atomic mass is 10.2. The molecule has 2 aliphatic rings. The van der Waals surface area contributed by atoms with Gasteiger partial charge in [0.15, 0.2) is 0 Å². The first-order valence-corrected chi connectivity index (χ1v) is 11.9. The normalized spacial score (nSPS) is 14.5. The average Bonchev–Trinajstić information content (AvgIpc) is 3.47. The van der Waals surface area contributed by atoms with Crippen LogP contribution < -0.4 is 19.6 Å². The first-order chi connectivity index (χ1) is 16.9. The molecule has 0 saturated carbocycles. The number of hydrogen-bond acceptors (Lipinski definition) is 6. The number of rotatable bonds is 7. The van der Waals surface area contributed by atoms with Gasteiger partial charge in [-0.3, -0.25) is 9.97 Å². The molecule has 0 amide bonds. The van der Waals surface area contributed by atoms with E-state index < -0.39 is 0 Å². The van der Waals surface area contributed by atoms with Gasteiger partial charge in [-0.15, -0.1) is 0 Å². The van der Waals surface area contributed by atoms with Gasteiger partial charge in [-0.25, -0.2) is 0 Å². The summed E-state index contributed by atoms with van der Waals surface area (Å²) < 4.78 is 0. The van der Waals surface area contributed by atoms with Gasteiger partial charge >= 0.3 is 0 Å². The van der Waals surface area contributed by atoms with Crippen molar-refractivity contribution < 1.29 is 0 Å². The standard InChI is InChI=1S/C28H28N6/c1-3-9-23(10-4-1)33-21-31(27-19-29-15-13-25(27)33)17-7-8-18-32-22-34(24-11-5-2-6-12-24)26-14-16-30-20-28(26)32/h1-6,9-16,19-20H,7-8,17-18,21-22H2. The van der Waals surface area contributed by atoms with Crippen molar-refractivity contribution in [1.29, 1.82) is 0 Å². The van der Waals surface area contributed by atoms with Gasteiger partial charge in [0.25, 0.3) is 0 Å². The van der Waals surface area contributed by atoms with Crippen LogP contribution in [-0.4, -0.2) is 36.4 Å². The highest BCUT2D eigenvalue weighted by molar-refractivity contribution is 5.82. The maximum atomic E-state index is 4.40.